The summed E-state index contributed by atoms with van der Waals surface area (Å²) in [5, 5.41) is 7.66. The van der Waals surface area contributed by atoms with Crippen molar-refractivity contribution in [3.63, 3.8) is 0 Å². The smallest absolute Gasteiger partial charge is 0.0555 e. The van der Waals surface area contributed by atoms with E-state index in [1.54, 1.807) is 0 Å². The van der Waals surface area contributed by atoms with Crippen LogP contribution in [0.4, 0.5) is 17.1 Å². The first kappa shape index (κ1) is 35.2. The maximum absolute atomic E-state index is 2.42. The number of aromatic nitrogens is 1. The summed E-state index contributed by atoms with van der Waals surface area (Å²) in [5.41, 5.74) is 14.1. The molecule has 2 heterocycles. The molecule has 12 rings (SSSR count). The molecule has 0 unspecified atom stereocenters. The monoisotopic (exact) mass is 794 g/mol. The van der Waals surface area contributed by atoms with E-state index in [2.05, 4.69) is 240 Å². The Kier molecular flexibility index (Phi) is 8.39. The first-order valence-electron chi connectivity index (χ1n) is 20.8. The minimum Gasteiger partial charge on any atom is -0.311 e. The summed E-state index contributed by atoms with van der Waals surface area (Å²) in [6.07, 6.45) is 0. The molecule has 0 aliphatic rings. The van der Waals surface area contributed by atoms with Crippen LogP contribution in [-0.2, 0) is 0 Å². The summed E-state index contributed by atoms with van der Waals surface area (Å²) >= 11 is 1.87. The zero-order valence-electron chi connectivity index (χ0n) is 33.2. The number of hydrogen-bond donors (Lipinski definition) is 0. The van der Waals surface area contributed by atoms with Crippen LogP contribution < -0.4 is 4.90 Å². The van der Waals surface area contributed by atoms with E-state index in [-0.39, 0.29) is 0 Å². The van der Waals surface area contributed by atoms with Crippen molar-refractivity contribution < 1.29 is 0 Å². The molecule has 0 aliphatic carbocycles. The lowest BCUT2D eigenvalue weighted by Crippen LogP contribution is -2.09. The van der Waals surface area contributed by atoms with Crippen LogP contribution in [-0.4, -0.2) is 4.57 Å². The second kappa shape index (κ2) is 14.5. The fourth-order valence-electron chi connectivity index (χ4n) is 9.13. The number of hydrogen-bond acceptors (Lipinski definition) is 2. The zero-order valence-corrected chi connectivity index (χ0v) is 34.1. The third kappa shape index (κ3) is 6.18. The van der Waals surface area contributed by atoms with E-state index in [0.29, 0.717) is 0 Å². The average molecular weight is 795 g/mol. The number of rotatable bonds is 7. The van der Waals surface area contributed by atoms with Crippen LogP contribution in [0.1, 0.15) is 0 Å². The molecule has 0 aliphatic heterocycles. The summed E-state index contributed by atoms with van der Waals surface area (Å²) < 4.78 is 5.06. The predicted octanol–water partition coefficient (Wildman–Crippen LogP) is 16.8. The van der Waals surface area contributed by atoms with Gasteiger partial charge in [-0.15, -0.1) is 11.3 Å². The predicted molar refractivity (Wildman–Crippen MR) is 262 cm³/mol. The molecule has 12 aromatic rings. The minimum atomic E-state index is 1.10. The number of nitrogens with zero attached hydrogens (tertiary/aromatic N) is 2. The van der Waals surface area contributed by atoms with Gasteiger partial charge in [-0.2, -0.15) is 0 Å². The molecule has 0 radical (unpaired) electrons. The van der Waals surface area contributed by atoms with Crippen LogP contribution in [0.15, 0.2) is 231 Å². The van der Waals surface area contributed by atoms with Gasteiger partial charge in [0.1, 0.15) is 0 Å². The summed E-state index contributed by atoms with van der Waals surface area (Å²) in [7, 11) is 0. The highest BCUT2D eigenvalue weighted by Gasteiger charge is 2.18. The summed E-state index contributed by atoms with van der Waals surface area (Å²) in [6.45, 7) is 0. The lowest BCUT2D eigenvalue weighted by Gasteiger charge is -2.26. The van der Waals surface area contributed by atoms with E-state index in [9.17, 15) is 0 Å². The lowest BCUT2D eigenvalue weighted by atomic mass is 10.00. The molecule has 0 saturated carbocycles. The van der Waals surface area contributed by atoms with Crippen molar-refractivity contribution in [1.82, 2.24) is 4.57 Å². The van der Waals surface area contributed by atoms with Crippen LogP contribution in [0, 0.1) is 0 Å². The fourth-order valence-corrected chi connectivity index (χ4v) is 10.2. The van der Waals surface area contributed by atoms with Crippen molar-refractivity contribution >= 4 is 81.1 Å². The van der Waals surface area contributed by atoms with Crippen LogP contribution in [0.3, 0.4) is 0 Å². The van der Waals surface area contributed by atoms with E-state index in [0.717, 1.165) is 17.1 Å². The Morgan fingerprint density at radius 3 is 1.49 bits per heavy atom. The highest BCUT2D eigenvalue weighted by Crippen LogP contribution is 2.43. The Hall–Kier alpha value is -7.72. The molecule has 0 fully saturated rings. The molecule has 2 nitrogen and oxygen atoms in total. The molecule has 0 spiro atoms. The van der Waals surface area contributed by atoms with E-state index in [1.165, 1.54) is 91.8 Å². The van der Waals surface area contributed by atoms with Crippen LogP contribution in [0.5, 0.6) is 0 Å². The molecule has 0 atom stereocenters. The topological polar surface area (TPSA) is 8.17 Å². The maximum Gasteiger partial charge on any atom is 0.0555 e. The summed E-state index contributed by atoms with van der Waals surface area (Å²) in [6, 6.07) is 84.1. The highest BCUT2D eigenvalue weighted by atomic mass is 32.1. The molecule has 10 aromatic carbocycles. The first-order chi connectivity index (χ1) is 30.2. The van der Waals surface area contributed by atoms with Gasteiger partial charge in [0.25, 0.3) is 0 Å². The molecule has 286 valence electrons. The quantitative estimate of drug-likeness (QED) is 0.156. The van der Waals surface area contributed by atoms with Gasteiger partial charge in [-0.05, 0) is 129 Å². The molecule has 0 N–H and O–H groups in total. The first-order valence-corrected chi connectivity index (χ1v) is 21.6. The van der Waals surface area contributed by atoms with Gasteiger partial charge in [-0.1, -0.05) is 146 Å². The van der Waals surface area contributed by atoms with Gasteiger partial charge in [-0.3, -0.25) is 0 Å². The molecular formula is C58H38N2S. The standard InChI is InChI=1S/C58H38N2S/c1-3-11-39(12-4-1)41-21-28-48(29-22-41)59(49-30-23-42(24-31-49)45-20-19-40-13-7-8-14-44(40)35-45)50-32-25-43(26-33-50)46-27-34-55-52(36-46)53-37-54-51-17-9-10-18-57(51)61-58(54)38-56(53)60(55)47-15-5-2-6-16-47/h1-38H. The second-order valence-corrected chi connectivity index (χ2v) is 16.9. The Bertz CT molecular complexity index is 3550. The van der Waals surface area contributed by atoms with Crippen molar-refractivity contribution in [3.8, 4) is 39.1 Å². The molecule has 0 saturated heterocycles. The van der Waals surface area contributed by atoms with Gasteiger partial charge in [0, 0.05) is 53.7 Å². The van der Waals surface area contributed by atoms with Crippen LogP contribution in [0.25, 0.3) is 91.8 Å². The van der Waals surface area contributed by atoms with Gasteiger partial charge < -0.3 is 9.47 Å². The minimum absolute atomic E-state index is 1.10. The van der Waals surface area contributed by atoms with Crippen molar-refractivity contribution in [3.05, 3.63) is 231 Å². The van der Waals surface area contributed by atoms with Crippen LogP contribution >= 0.6 is 11.3 Å². The number of benzene rings is 10. The largest absolute Gasteiger partial charge is 0.311 e. The second-order valence-electron chi connectivity index (χ2n) is 15.8. The number of thiophene rings is 1. The SMILES string of the molecule is c1ccc(-c2ccc(N(c3ccc(-c4ccc5ccccc5c4)cc3)c3ccc(-c4ccc5c(c4)c4cc6c(cc4n5-c4ccccc4)sc4ccccc46)cc3)cc2)cc1. The summed E-state index contributed by atoms with van der Waals surface area (Å²) in [4.78, 5) is 2.36. The molecule has 61 heavy (non-hydrogen) atoms. The van der Waals surface area contributed by atoms with Gasteiger partial charge in [-0.25, -0.2) is 0 Å². The van der Waals surface area contributed by atoms with E-state index >= 15 is 0 Å². The Balaban J connectivity index is 0.950. The zero-order chi connectivity index (χ0) is 40.3. The van der Waals surface area contributed by atoms with E-state index in [4.69, 9.17) is 0 Å². The van der Waals surface area contributed by atoms with Gasteiger partial charge in [0.2, 0.25) is 0 Å². The summed E-state index contributed by atoms with van der Waals surface area (Å²) in [5.74, 6) is 0. The van der Waals surface area contributed by atoms with Crippen LogP contribution in [0.2, 0.25) is 0 Å². The van der Waals surface area contributed by atoms with Gasteiger partial charge >= 0.3 is 0 Å². The molecule has 3 heteroatoms. The number of anilines is 3. The number of para-hydroxylation sites is 1. The lowest BCUT2D eigenvalue weighted by molar-refractivity contribution is 1.18. The Labute approximate surface area is 358 Å². The van der Waals surface area contributed by atoms with Gasteiger partial charge in [0.05, 0.1) is 11.0 Å². The molecular weight excluding hydrogens is 757 g/mol. The fraction of sp³-hybridized carbons (Fsp3) is 0. The van der Waals surface area contributed by atoms with E-state index in [1.807, 2.05) is 11.3 Å². The molecule has 0 bridgehead atoms. The van der Waals surface area contributed by atoms with Crippen molar-refractivity contribution in [2.45, 2.75) is 0 Å². The Morgan fingerprint density at radius 2 is 0.803 bits per heavy atom. The van der Waals surface area contributed by atoms with Crippen molar-refractivity contribution in [1.29, 1.82) is 0 Å². The highest BCUT2D eigenvalue weighted by molar-refractivity contribution is 7.25. The maximum atomic E-state index is 2.42. The normalized spacial score (nSPS) is 11.6. The molecule has 0 amide bonds. The third-order valence-electron chi connectivity index (χ3n) is 12.2. The van der Waals surface area contributed by atoms with Gasteiger partial charge in [0.15, 0.2) is 0 Å². The van der Waals surface area contributed by atoms with Crippen molar-refractivity contribution in [2.24, 2.45) is 0 Å². The Morgan fingerprint density at radius 1 is 0.295 bits per heavy atom. The van der Waals surface area contributed by atoms with Crippen molar-refractivity contribution in [2.75, 3.05) is 4.90 Å². The molecule has 2 aromatic heterocycles. The average Bonchev–Trinajstić information content (AvgIpc) is 3.86. The third-order valence-corrected chi connectivity index (χ3v) is 13.3. The van der Waals surface area contributed by atoms with E-state index < -0.39 is 0 Å². The number of fused-ring (bicyclic) bond motifs is 7.